The highest BCUT2D eigenvalue weighted by Gasteiger charge is 2.39. The second kappa shape index (κ2) is 9.10. The van der Waals surface area contributed by atoms with Crippen LogP contribution in [0.25, 0.3) is 11.1 Å². The molecule has 2 aromatic carbocycles. The van der Waals surface area contributed by atoms with Gasteiger partial charge in [-0.15, -0.1) is 0 Å². The Kier molecular flexibility index (Phi) is 6.55. The molecule has 2 heterocycles. The molecule has 0 saturated carbocycles. The van der Waals surface area contributed by atoms with Crippen LogP contribution in [0.4, 0.5) is 13.2 Å². The first kappa shape index (κ1) is 23.8. The smallest absolute Gasteiger partial charge is 0.334 e. The van der Waals surface area contributed by atoms with Crippen LogP contribution < -0.4 is 0 Å². The van der Waals surface area contributed by atoms with E-state index in [9.17, 15) is 26.4 Å². The number of likely N-dealkylation sites (tertiary alicyclic amines) is 2. The number of alkyl halides is 3. The van der Waals surface area contributed by atoms with E-state index in [0.29, 0.717) is 24.2 Å². The second-order valence-corrected chi connectivity index (χ2v) is 10.9. The monoisotopic (exact) mass is 480 g/mol. The molecule has 178 valence electrons. The van der Waals surface area contributed by atoms with Gasteiger partial charge < -0.3 is 9.80 Å². The molecule has 0 spiro atoms. The molecule has 2 saturated heterocycles. The Labute approximate surface area is 192 Å². The molecule has 1 atom stereocenters. The number of carbonyl (C=O) groups excluding carboxylic acids is 1. The van der Waals surface area contributed by atoms with Crippen molar-refractivity contribution in [2.24, 2.45) is 0 Å². The SMILES string of the molecule is CS(=O)(=O)c1ccc(-c2ccc(C(F)(F)F)c(C(=O)N3CCCC3CN3CCCC3)c2)cc1. The third kappa shape index (κ3) is 5.24. The van der Waals surface area contributed by atoms with Crippen molar-refractivity contribution in [1.82, 2.24) is 9.80 Å². The molecule has 5 nitrogen and oxygen atoms in total. The molecule has 2 aliphatic heterocycles. The Bertz CT molecular complexity index is 1120. The van der Waals surface area contributed by atoms with E-state index >= 15 is 0 Å². The molecule has 2 aromatic rings. The van der Waals surface area contributed by atoms with Crippen molar-refractivity contribution < 1.29 is 26.4 Å². The average molecular weight is 481 g/mol. The molecule has 0 aliphatic carbocycles. The van der Waals surface area contributed by atoms with Crippen LogP contribution in [0.1, 0.15) is 41.6 Å². The fourth-order valence-corrected chi connectivity index (χ4v) is 5.38. The highest BCUT2D eigenvalue weighted by molar-refractivity contribution is 7.90. The number of hydrogen-bond acceptors (Lipinski definition) is 4. The maximum Gasteiger partial charge on any atom is 0.417 e. The summed E-state index contributed by atoms with van der Waals surface area (Å²) in [6.45, 7) is 3.07. The number of hydrogen-bond donors (Lipinski definition) is 0. The van der Waals surface area contributed by atoms with Crippen LogP contribution in [-0.4, -0.2) is 62.6 Å². The minimum absolute atomic E-state index is 0.0885. The number of nitrogens with zero attached hydrogens (tertiary/aromatic N) is 2. The normalized spacial score (nSPS) is 19.9. The summed E-state index contributed by atoms with van der Waals surface area (Å²) in [5, 5.41) is 0. The molecule has 2 aliphatic rings. The van der Waals surface area contributed by atoms with Gasteiger partial charge in [-0.25, -0.2) is 8.42 Å². The first-order valence-corrected chi connectivity index (χ1v) is 13.0. The first-order chi connectivity index (χ1) is 15.5. The van der Waals surface area contributed by atoms with Crippen LogP contribution in [0, 0.1) is 0 Å². The lowest BCUT2D eigenvalue weighted by molar-refractivity contribution is -0.138. The molecule has 0 radical (unpaired) electrons. The van der Waals surface area contributed by atoms with Gasteiger partial charge in [-0.2, -0.15) is 13.2 Å². The Morgan fingerprint density at radius 3 is 2.21 bits per heavy atom. The highest BCUT2D eigenvalue weighted by Crippen LogP contribution is 2.36. The quantitative estimate of drug-likeness (QED) is 0.634. The number of halogens is 3. The zero-order chi connectivity index (χ0) is 23.8. The van der Waals surface area contributed by atoms with Gasteiger partial charge in [0.05, 0.1) is 16.0 Å². The van der Waals surface area contributed by atoms with Gasteiger partial charge in [-0.3, -0.25) is 4.79 Å². The Morgan fingerprint density at radius 2 is 1.61 bits per heavy atom. The molecule has 1 amide bonds. The van der Waals surface area contributed by atoms with Crippen LogP contribution in [0.15, 0.2) is 47.4 Å². The second-order valence-electron chi connectivity index (χ2n) is 8.86. The Balaban J connectivity index is 1.67. The lowest BCUT2D eigenvalue weighted by Gasteiger charge is -2.29. The Morgan fingerprint density at radius 1 is 0.970 bits per heavy atom. The van der Waals surface area contributed by atoms with Gasteiger partial charge in [0, 0.05) is 25.4 Å². The molecule has 2 fully saturated rings. The van der Waals surface area contributed by atoms with E-state index in [1.54, 1.807) is 17.0 Å². The predicted molar refractivity (Wildman–Crippen MR) is 120 cm³/mol. The van der Waals surface area contributed by atoms with Crippen molar-refractivity contribution in [3.05, 3.63) is 53.6 Å². The summed E-state index contributed by atoms with van der Waals surface area (Å²) in [6, 6.07) is 9.37. The number of benzene rings is 2. The average Bonchev–Trinajstić information content (AvgIpc) is 3.44. The molecule has 0 N–H and O–H groups in total. The fourth-order valence-electron chi connectivity index (χ4n) is 4.75. The summed E-state index contributed by atoms with van der Waals surface area (Å²) in [5.41, 5.74) is -0.335. The van der Waals surface area contributed by atoms with Crippen molar-refractivity contribution in [3.63, 3.8) is 0 Å². The van der Waals surface area contributed by atoms with Gasteiger partial charge in [0.25, 0.3) is 5.91 Å². The molecule has 0 bridgehead atoms. The molecule has 0 aromatic heterocycles. The van der Waals surface area contributed by atoms with Gasteiger partial charge >= 0.3 is 6.18 Å². The van der Waals surface area contributed by atoms with E-state index in [4.69, 9.17) is 0 Å². The summed E-state index contributed by atoms with van der Waals surface area (Å²) in [5.74, 6) is -0.598. The van der Waals surface area contributed by atoms with Crippen LogP contribution >= 0.6 is 0 Å². The molecule has 1 unspecified atom stereocenters. The third-order valence-electron chi connectivity index (χ3n) is 6.48. The van der Waals surface area contributed by atoms with Crippen molar-refractivity contribution >= 4 is 15.7 Å². The molecule has 9 heteroatoms. The lowest BCUT2D eigenvalue weighted by atomic mass is 9.97. The summed E-state index contributed by atoms with van der Waals surface area (Å²) < 4.78 is 64.8. The van der Waals surface area contributed by atoms with Crippen LogP contribution in [0.5, 0.6) is 0 Å². The minimum Gasteiger partial charge on any atom is -0.334 e. The van der Waals surface area contributed by atoms with Crippen LogP contribution in [0.3, 0.4) is 0 Å². The summed E-state index contributed by atoms with van der Waals surface area (Å²) in [7, 11) is -3.39. The fraction of sp³-hybridized carbons (Fsp3) is 0.458. The summed E-state index contributed by atoms with van der Waals surface area (Å²) >= 11 is 0. The minimum atomic E-state index is -4.66. The predicted octanol–water partition coefficient (Wildman–Crippen LogP) is 4.48. The Hall–Kier alpha value is -2.39. The van der Waals surface area contributed by atoms with Crippen LogP contribution in [0.2, 0.25) is 0 Å². The van der Waals surface area contributed by atoms with Gasteiger partial charge in [0.15, 0.2) is 9.84 Å². The summed E-state index contributed by atoms with van der Waals surface area (Å²) in [6.07, 6.45) is 0.214. The first-order valence-electron chi connectivity index (χ1n) is 11.1. The molecular formula is C24H27F3N2O3S. The van der Waals surface area contributed by atoms with Gasteiger partial charge in [0.1, 0.15) is 0 Å². The molecule has 4 rings (SSSR count). The standard InChI is InChI=1S/C24H27F3N2O3S/c1-33(31,32)20-9-6-17(7-10-20)18-8-11-22(24(25,26)27)21(15-18)23(30)29-14-4-5-19(29)16-28-12-2-3-13-28/h6-11,15,19H,2-5,12-14,16H2,1H3. The maximum atomic E-state index is 13.8. The largest absolute Gasteiger partial charge is 0.417 e. The van der Waals surface area contributed by atoms with Gasteiger partial charge in [-0.1, -0.05) is 18.2 Å². The van der Waals surface area contributed by atoms with Crippen molar-refractivity contribution in [2.75, 3.05) is 32.4 Å². The van der Waals surface area contributed by atoms with E-state index in [2.05, 4.69) is 4.90 Å². The topological polar surface area (TPSA) is 57.7 Å². The zero-order valence-corrected chi connectivity index (χ0v) is 19.3. The van der Waals surface area contributed by atoms with E-state index in [-0.39, 0.29) is 16.5 Å². The molecule has 33 heavy (non-hydrogen) atoms. The highest BCUT2D eigenvalue weighted by atomic mass is 32.2. The number of sulfone groups is 1. The summed E-state index contributed by atoms with van der Waals surface area (Å²) in [4.78, 5) is 17.4. The van der Waals surface area contributed by atoms with E-state index < -0.39 is 27.5 Å². The van der Waals surface area contributed by atoms with Crippen molar-refractivity contribution in [2.45, 2.75) is 42.8 Å². The van der Waals surface area contributed by atoms with Crippen molar-refractivity contribution in [3.8, 4) is 11.1 Å². The zero-order valence-electron chi connectivity index (χ0n) is 18.4. The van der Waals surface area contributed by atoms with E-state index in [1.807, 2.05) is 0 Å². The van der Waals surface area contributed by atoms with Gasteiger partial charge in [-0.05, 0) is 74.2 Å². The lowest BCUT2D eigenvalue weighted by Crippen LogP contribution is -2.43. The van der Waals surface area contributed by atoms with E-state index in [1.165, 1.54) is 24.3 Å². The van der Waals surface area contributed by atoms with Crippen molar-refractivity contribution in [1.29, 1.82) is 0 Å². The molecular weight excluding hydrogens is 453 g/mol. The van der Waals surface area contributed by atoms with Gasteiger partial charge in [0.2, 0.25) is 0 Å². The third-order valence-corrected chi connectivity index (χ3v) is 7.61. The van der Waals surface area contributed by atoms with E-state index in [0.717, 1.165) is 51.1 Å². The number of amides is 1. The maximum absolute atomic E-state index is 13.8. The van der Waals surface area contributed by atoms with Crippen LogP contribution in [-0.2, 0) is 16.0 Å². The number of carbonyl (C=O) groups is 1. The number of rotatable bonds is 5.